The van der Waals surface area contributed by atoms with Crippen LogP contribution in [0, 0.1) is 0 Å². The lowest BCUT2D eigenvalue weighted by Crippen LogP contribution is -2.31. The number of carbonyl (C=O) groups excluding carboxylic acids is 1. The Balaban J connectivity index is 1.92. The van der Waals surface area contributed by atoms with Crippen LogP contribution >= 0.6 is 23.5 Å². The number of nitrogens with zero attached hydrogens (tertiary/aromatic N) is 2. The molecule has 1 heterocycles. The van der Waals surface area contributed by atoms with Crippen LogP contribution in [0.1, 0.15) is 15.9 Å². The number of aliphatic imine (C=N–C) groups is 2. The van der Waals surface area contributed by atoms with Gasteiger partial charge in [0.05, 0.1) is 27.8 Å². The summed E-state index contributed by atoms with van der Waals surface area (Å²) in [5.41, 5.74) is 1.55. The number of hydrogen-bond acceptors (Lipinski definition) is 4. The minimum absolute atomic E-state index is 0.0345. The van der Waals surface area contributed by atoms with Gasteiger partial charge in [-0.25, -0.2) is 9.38 Å². The van der Waals surface area contributed by atoms with E-state index in [0.29, 0.717) is 27.8 Å². The average molecular weight is 415 g/mol. The Labute approximate surface area is 171 Å². The Bertz CT molecular complexity index is 1020. The lowest BCUT2D eigenvalue weighted by atomic mass is 10.0. The van der Waals surface area contributed by atoms with E-state index >= 15 is 0 Å². The summed E-state index contributed by atoms with van der Waals surface area (Å²) in [4.78, 5) is 21.7. The number of benzene rings is 2. The number of halogens is 2. The zero-order valence-electron chi connectivity index (χ0n) is 14.7. The molecule has 0 fully saturated rings. The highest BCUT2D eigenvalue weighted by atomic mass is 35.5. The molecule has 8 heteroatoms. The van der Waals surface area contributed by atoms with E-state index in [2.05, 4.69) is 33.3 Å². The van der Waals surface area contributed by atoms with Crippen LogP contribution in [0.2, 0.25) is 5.02 Å². The Morgan fingerprint density at radius 1 is 1.21 bits per heavy atom. The number of fused-ring (bicyclic) bond motifs is 1. The fraction of sp³-hybridized carbons (Fsp3) is 0.0500. The van der Waals surface area contributed by atoms with Gasteiger partial charge < -0.3 is 5.32 Å². The molecule has 142 valence electrons. The number of anilines is 1. The number of ketones is 1. The Hall–Kier alpha value is -2.90. The van der Waals surface area contributed by atoms with E-state index in [1.165, 1.54) is 11.9 Å². The van der Waals surface area contributed by atoms with Crippen LogP contribution in [0.15, 0.2) is 81.5 Å². The number of allylic oxidation sites excluding steroid dienone is 2. The van der Waals surface area contributed by atoms with Crippen molar-refractivity contribution >= 4 is 47.7 Å². The molecule has 2 N–H and O–H groups in total. The van der Waals surface area contributed by atoms with Gasteiger partial charge in [-0.05, 0) is 49.0 Å². The predicted octanol–water partition coefficient (Wildman–Crippen LogP) is 5.02. The second kappa shape index (κ2) is 8.86. The van der Waals surface area contributed by atoms with Gasteiger partial charge in [0, 0.05) is 11.1 Å². The summed E-state index contributed by atoms with van der Waals surface area (Å²) in [5, 5.41) is 3.48. The average Bonchev–Trinajstić information content (AvgIpc) is 2.73. The van der Waals surface area contributed by atoms with Crippen LogP contribution in [-0.4, -0.2) is 25.0 Å². The molecule has 3 rings (SSSR count). The molecule has 2 aromatic carbocycles. The molecule has 28 heavy (non-hydrogen) atoms. The Morgan fingerprint density at radius 2 is 1.96 bits per heavy atom. The normalized spacial score (nSPS) is 15.0. The van der Waals surface area contributed by atoms with Crippen molar-refractivity contribution in [2.24, 2.45) is 9.98 Å². The van der Waals surface area contributed by atoms with Crippen molar-refractivity contribution in [2.75, 3.05) is 11.9 Å². The summed E-state index contributed by atoms with van der Waals surface area (Å²) in [5.74, 6) is -0.421. The minimum Gasteiger partial charge on any atom is -0.324 e. The van der Waals surface area contributed by atoms with Crippen molar-refractivity contribution in [3.63, 3.8) is 0 Å². The summed E-state index contributed by atoms with van der Waals surface area (Å²) < 4.78 is 16.7. The van der Waals surface area contributed by atoms with Gasteiger partial charge in [0.15, 0.2) is 5.78 Å². The summed E-state index contributed by atoms with van der Waals surface area (Å²) in [6.07, 6.45) is 1.05. The number of carbonyl (C=O) groups is 1. The lowest BCUT2D eigenvalue weighted by molar-refractivity contribution is 0.103. The van der Waals surface area contributed by atoms with Gasteiger partial charge in [0.2, 0.25) is 5.96 Å². The van der Waals surface area contributed by atoms with Gasteiger partial charge in [0.1, 0.15) is 5.83 Å². The van der Waals surface area contributed by atoms with Crippen LogP contribution in [0.25, 0.3) is 0 Å². The zero-order valence-corrected chi connectivity index (χ0v) is 16.3. The minimum atomic E-state index is -0.585. The number of guanidine groups is 1. The molecular formula is C20H16ClFN4OS. The molecule has 0 bridgehead atoms. The third kappa shape index (κ3) is 4.16. The molecule has 0 radical (unpaired) electrons. The first-order chi connectivity index (χ1) is 13.5. The van der Waals surface area contributed by atoms with E-state index in [0.717, 1.165) is 11.0 Å². The monoisotopic (exact) mass is 414 g/mol. The molecule has 1 aliphatic rings. The van der Waals surface area contributed by atoms with Crippen LogP contribution < -0.4 is 10.0 Å². The van der Waals surface area contributed by atoms with E-state index in [4.69, 9.17) is 11.6 Å². The lowest BCUT2D eigenvalue weighted by Gasteiger charge is -2.22. The molecule has 2 aromatic rings. The molecular weight excluding hydrogens is 399 g/mol. The van der Waals surface area contributed by atoms with E-state index in [1.54, 1.807) is 36.4 Å². The molecule has 0 saturated carbocycles. The third-order valence-corrected chi connectivity index (χ3v) is 5.11. The van der Waals surface area contributed by atoms with E-state index in [9.17, 15) is 9.18 Å². The first-order valence-corrected chi connectivity index (χ1v) is 9.39. The maximum Gasteiger partial charge on any atom is 0.206 e. The smallest absolute Gasteiger partial charge is 0.206 e. The number of nitrogens with one attached hydrogen (secondary N) is 2. The molecule has 1 aliphatic heterocycles. The fourth-order valence-corrected chi connectivity index (χ4v) is 3.47. The van der Waals surface area contributed by atoms with Gasteiger partial charge >= 0.3 is 0 Å². The molecule has 5 nitrogen and oxygen atoms in total. The van der Waals surface area contributed by atoms with Crippen LogP contribution in [0.4, 0.5) is 10.1 Å². The van der Waals surface area contributed by atoms with Gasteiger partial charge in [-0.15, -0.1) is 0 Å². The summed E-state index contributed by atoms with van der Waals surface area (Å²) in [6.45, 7) is 6.67. The zero-order chi connectivity index (χ0) is 20.1. The molecule has 0 saturated heterocycles. The van der Waals surface area contributed by atoms with Crippen molar-refractivity contribution in [1.29, 1.82) is 0 Å². The maximum atomic E-state index is 13.6. The highest BCUT2D eigenvalue weighted by Gasteiger charge is 2.22. The van der Waals surface area contributed by atoms with E-state index < -0.39 is 5.83 Å². The van der Waals surface area contributed by atoms with Crippen molar-refractivity contribution in [2.45, 2.75) is 4.90 Å². The van der Waals surface area contributed by atoms with Gasteiger partial charge in [-0.1, -0.05) is 36.4 Å². The first-order valence-electron chi connectivity index (χ1n) is 8.19. The molecule has 0 amide bonds. The van der Waals surface area contributed by atoms with Crippen molar-refractivity contribution < 1.29 is 9.18 Å². The first kappa shape index (κ1) is 19.9. The highest BCUT2D eigenvalue weighted by Crippen LogP contribution is 2.34. The SMILES string of the molecule is C=C/C(F)=C(/CN=C1NSc2cccc(C(=O)c3ccccc3Cl)c2N1)N=C. The highest BCUT2D eigenvalue weighted by molar-refractivity contribution is 7.98. The van der Waals surface area contributed by atoms with E-state index in [-0.39, 0.29) is 18.0 Å². The van der Waals surface area contributed by atoms with Gasteiger partial charge in [-0.2, -0.15) is 0 Å². The second-order valence-electron chi connectivity index (χ2n) is 5.64. The molecule has 0 atom stereocenters. The maximum absolute atomic E-state index is 13.6. The Kier molecular flexibility index (Phi) is 6.28. The second-order valence-corrected chi connectivity index (χ2v) is 6.89. The van der Waals surface area contributed by atoms with E-state index in [1.807, 2.05) is 6.07 Å². The van der Waals surface area contributed by atoms with Crippen LogP contribution in [0.5, 0.6) is 0 Å². The summed E-state index contributed by atoms with van der Waals surface area (Å²) in [6, 6.07) is 12.3. The molecule has 0 spiro atoms. The summed E-state index contributed by atoms with van der Waals surface area (Å²) >= 11 is 7.47. The van der Waals surface area contributed by atoms with Crippen molar-refractivity contribution in [3.8, 4) is 0 Å². The largest absolute Gasteiger partial charge is 0.324 e. The van der Waals surface area contributed by atoms with Crippen LogP contribution in [0.3, 0.4) is 0 Å². The van der Waals surface area contributed by atoms with Crippen molar-refractivity contribution in [3.05, 3.63) is 82.8 Å². The summed E-state index contributed by atoms with van der Waals surface area (Å²) in [7, 11) is 0. The standard InChI is InChI=1S/C20H16ClFN4OS/c1-3-15(22)16(23-2)11-24-20-25-18-13(8-6-10-17(18)28-26-20)19(27)12-7-4-5-9-14(12)21/h3-10H,1-2,11H2,(H2,24,25,26)/b16-15+. The predicted molar refractivity (Wildman–Crippen MR) is 114 cm³/mol. The fourth-order valence-electron chi connectivity index (χ4n) is 2.52. The van der Waals surface area contributed by atoms with Crippen molar-refractivity contribution in [1.82, 2.24) is 4.72 Å². The third-order valence-electron chi connectivity index (χ3n) is 3.92. The molecule has 0 aliphatic carbocycles. The number of rotatable bonds is 6. The van der Waals surface area contributed by atoms with Gasteiger partial charge in [-0.3, -0.25) is 14.5 Å². The van der Waals surface area contributed by atoms with Crippen LogP contribution in [-0.2, 0) is 0 Å². The molecule has 0 unspecified atom stereocenters. The molecule has 0 aromatic heterocycles. The number of hydrogen-bond donors (Lipinski definition) is 2. The number of para-hydroxylation sites is 1. The van der Waals surface area contributed by atoms with Gasteiger partial charge in [0.25, 0.3) is 0 Å². The topological polar surface area (TPSA) is 65.8 Å². The quantitative estimate of drug-likeness (QED) is 0.301. The Morgan fingerprint density at radius 3 is 2.68 bits per heavy atom.